The summed E-state index contributed by atoms with van der Waals surface area (Å²) in [7, 11) is 1.31. The molecule has 0 aliphatic rings. The maximum absolute atomic E-state index is 10.2. The Kier molecular flexibility index (Phi) is 10.9. The van der Waals surface area contributed by atoms with Gasteiger partial charge in [0, 0.05) is 38.7 Å². The molecule has 1 atom stereocenters. The molecular weight excluding hydrogens is 360 g/mol. The summed E-state index contributed by atoms with van der Waals surface area (Å²) in [5.41, 5.74) is 1.62. The number of aryl methyl sites for hydroxylation is 2. The number of ether oxygens (including phenoxy) is 2. The molecule has 0 radical (unpaired) electrons. The maximum atomic E-state index is 10.2. The van der Waals surface area contributed by atoms with Crippen molar-refractivity contribution in [3.8, 4) is 0 Å². The van der Waals surface area contributed by atoms with Crippen molar-refractivity contribution in [3.63, 3.8) is 0 Å². The van der Waals surface area contributed by atoms with E-state index in [0.717, 1.165) is 22.6 Å². The van der Waals surface area contributed by atoms with Gasteiger partial charge < -0.3 is 19.1 Å². The van der Waals surface area contributed by atoms with Gasteiger partial charge in [0.1, 0.15) is 11.5 Å². The van der Waals surface area contributed by atoms with Gasteiger partial charge in [-0.25, -0.2) is 9.97 Å². The van der Waals surface area contributed by atoms with E-state index >= 15 is 0 Å². The topological polar surface area (TPSA) is 98.5 Å². The van der Waals surface area contributed by atoms with Crippen LogP contribution in [0.15, 0.2) is 12.3 Å². The van der Waals surface area contributed by atoms with Gasteiger partial charge in [-0.1, -0.05) is 13.8 Å². The fourth-order valence-electron chi connectivity index (χ4n) is 2.57. The van der Waals surface area contributed by atoms with E-state index in [9.17, 15) is 5.11 Å². The van der Waals surface area contributed by atoms with Crippen molar-refractivity contribution >= 4 is 17.5 Å². The predicted molar refractivity (Wildman–Crippen MR) is 113 cm³/mol. The Morgan fingerprint density at radius 1 is 1.29 bits per heavy atom. The molecule has 8 heteroatoms. The molecule has 2 N–H and O–H groups in total. The summed E-state index contributed by atoms with van der Waals surface area (Å²) in [6, 6.07) is 2.07. The van der Waals surface area contributed by atoms with Gasteiger partial charge in [0.15, 0.2) is 0 Å². The number of carbonyl (C=O) groups excluding carboxylic acids is 1. The molecule has 0 bridgehead atoms. The molecule has 0 saturated carbocycles. The van der Waals surface area contributed by atoms with Crippen molar-refractivity contribution < 1.29 is 20.8 Å². The molecule has 1 unspecified atom stereocenters. The van der Waals surface area contributed by atoms with Gasteiger partial charge in [0.2, 0.25) is 5.91 Å². The summed E-state index contributed by atoms with van der Waals surface area (Å²) < 4.78 is 11.6. The number of carbonyl (C=O) groups is 1. The number of hydrogen-bond donors (Lipinski definition) is 2. The van der Waals surface area contributed by atoms with Crippen molar-refractivity contribution in [1.82, 2.24) is 19.9 Å². The highest BCUT2D eigenvalue weighted by Gasteiger charge is 2.27. The van der Waals surface area contributed by atoms with Crippen LogP contribution in [0.1, 0.15) is 54.5 Å². The molecule has 28 heavy (non-hydrogen) atoms. The van der Waals surface area contributed by atoms with Crippen LogP contribution in [0.2, 0.25) is 0 Å². The van der Waals surface area contributed by atoms with Crippen molar-refractivity contribution in [1.29, 1.82) is 0 Å². The average Bonchev–Trinajstić information content (AvgIpc) is 2.90. The van der Waals surface area contributed by atoms with Gasteiger partial charge in [-0.15, -0.1) is 0 Å². The number of rotatable bonds is 6. The van der Waals surface area contributed by atoms with E-state index in [1.54, 1.807) is 6.92 Å². The molecule has 0 aromatic carbocycles. The van der Waals surface area contributed by atoms with Gasteiger partial charge >= 0.3 is 0 Å². The maximum Gasteiger partial charge on any atom is 0.292 e. The molecule has 0 amide bonds. The second kappa shape index (κ2) is 11.7. The van der Waals surface area contributed by atoms with Gasteiger partial charge in [0.05, 0.1) is 12.7 Å². The smallest absolute Gasteiger partial charge is 0.292 e. The Morgan fingerprint density at radius 2 is 1.86 bits per heavy atom. The van der Waals surface area contributed by atoms with Crippen LogP contribution >= 0.6 is 0 Å². The number of aromatic nitrogens is 3. The van der Waals surface area contributed by atoms with Crippen LogP contribution in [0.25, 0.3) is 11.0 Å². The standard InChI is InChI=1S/C16H26N4O2.C2H4O2.C2H6.H2/c1-11-9-13-10-17-12(2)19-14(13)20(11)8-7-18-16(6,21)22-15(3,4)5;1-4-2-3;1-2;/h9-10,18,21H,7-8H2,1-6H3;2H,1H3;1-2H3;1H. The number of hydrogen-bond acceptors (Lipinski definition) is 7. The highest BCUT2D eigenvalue weighted by molar-refractivity contribution is 5.76. The third-order valence-electron chi connectivity index (χ3n) is 3.35. The lowest BCUT2D eigenvalue weighted by Crippen LogP contribution is -2.50. The monoisotopic (exact) mass is 398 g/mol. The van der Waals surface area contributed by atoms with Gasteiger partial charge in [-0.3, -0.25) is 10.1 Å². The summed E-state index contributed by atoms with van der Waals surface area (Å²) in [6.45, 7) is 16.9. The number of nitrogens with zero attached hydrogens (tertiary/aromatic N) is 3. The highest BCUT2D eigenvalue weighted by atomic mass is 16.7. The zero-order valence-electron chi connectivity index (χ0n) is 18.7. The minimum Gasteiger partial charge on any atom is -0.471 e. The van der Waals surface area contributed by atoms with E-state index in [-0.39, 0.29) is 1.43 Å². The second-order valence-electron chi connectivity index (χ2n) is 7.09. The number of nitrogens with one attached hydrogen (secondary N) is 1. The molecule has 0 aliphatic heterocycles. The van der Waals surface area contributed by atoms with E-state index in [2.05, 4.69) is 30.7 Å². The molecule has 2 aromatic rings. The second-order valence-corrected chi connectivity index (χ2v) is 7.09. The largest absolute Gasteiger partial charge is 0.471 e. The third kappa shape index (κ3) is 9.25. The lowest BCUT2D eigenvalue weighted by molar-refractivity contribution is -0.259. The normalized spacial score (nSPS) is 12.9. The summed E-state index contributed by atoms with van der Waals surface area (Å²) in [6.07, 6.45) is 1.84. The molecule has 2 heterocycles. The fourth-order valence-corrected chi connectivity index (χ4v) is 2.57. The number of methoxy groups -OCH3 is 1. The SMILES string of the molecule is CC.COC=O.Cc1ncc2cc(C)n(CCNC(C)(O)OC(C)(C)C)c2n1.[HH]. The van der Waals surface area contributed by atoms with Gasteiger partial charge in [0.25, 0.3) is 6.47 Å². The summed E-state index contributed by atoms with van der Waals surface area (Å²) in [4.78, 5) is 17.7. The molecule has 0 saturated heterocycles. The molecule has 2 rings (SSSR count). The van der Waals surface area contributed by atoms with Crippen molar-refractivity contribution in [2.75, 3.05) is 13.7 Å². The van der Waals surface area contributed by atoms with Crippen LogP contribution in [0, 0.1) is 13.8 Å². The first kappa shape index (κ1) is 26.0. The van der Waals surface area contributed by atoms with E-state index in [1.165, 1.54) is 7.11 Å². The van der Waals surface area contributed by atoms with Crippen molar-refractivity contribution in [3.05, 3.63) is 23.8 Å². The fraction of sp³-hybridized carbons (Fsp3) is 0.650. The molecule has 0 spiro atoms. The predicted octanol–water partition coefficient (Wildman–Crippen LogP) is 3.18. The van der Waals surface area contributed by atoms with Gasteiger partial charge in [-0.2, -0.15) is 0 Å². The minimum atomic E-state index is -1.36. The van der Waals surface area contributed by atoms with Crippen LogP contribution in [0.4, 0.5) is 0 Å². The number of aliphatic hydroxyl groups is 1. The summed E-state index contributed by atoms with van der Waals surface area (Å²) >= 11 is 0. The Bertz CT molecular complexity index is 727. The lowest BCUT2D eigenvalue weighted by atomic mass is 10.2. The highest BCUT2D eigenvalue weighted by Crippen LogP contribution is 2.18. The quantitative estimate of drug-likeness (QED) is 0.569. The first-order chi connectivity index (χ1) is 13.0. The van der Waals surface area contributed by atoms with Crippen molar-refractivity contribution in [2.45, 2.75) is 73.4 Å². The van der Waals surface area contributed by atoms with E-state index in [4.69, 9.17) is 9.53 Å². The van der Waals surface area contributed by atoms with Crippen molar-refractivity contribution in [2.24, 2.45) is 0 Å². The molecular formula is C20H38N4O4. The Labute approximate surface area is 169 Å². The first-order valence-electron chi connectivity index (χ1n) is 9.42. The van der Waals surface area contributed by atoms with E-state index < -0.39 is 11.5 Å². The van der Waals surface area contributed by atoms with Crippen LogP contribution in [0.5, 0.6) is 0 Å². The third-order valence-corrected chi connectivity index (χ3v) is 3.35. The molecule has 8 nitrogen and oxygen atoms in total. The Hall–Kier alpha value is -2.03. The van der Waals surface area contributed by atoms with Crippen LogP contribution in [-0.2, 0) is 20.8 Å². The Balaban J connectivity index is 0. The van der Waals surface area contributed by atoms with E-state index in [1.807, 2.05) is 54.7 Å². The van der Waals surface area contributed by atoms with Crippen LogP contribution in [0.3, 0.4) is 0 Å². The summed E-state index contributed by atoms with van der Waals surface area (Å²) in [5.74, 6) is -0.608. The molecule has 0 fully saturated rings. The van der Waals surface area contributed by atoms with Crippen LogP contribution < -0.4 is 5.32 Å². The lowest BCUT2D eigenvalue weighted by Gasteiger charge is -2.32. The summed E-state index contributed by atoms with van der Waals surface area (Å²) in [5, 5.41) is 14.3. The van der Waals surface area contributed by atoms with Crippen LogP contribution in [-0.4, -0.2) is 51.3 Å². The van der Waals surface area contributed by atoms with E-state index in [0.29, 0.717) is 19.6 Å². The minimum absolute atomic E-state index is 0. The zero-order chi connectivity index (χ0) is 22.0. The average molecular weight is 399 g/mol. The zero-order valence-corrected chi connectivity index (χ0v) is 18.7. The first-order valence-corrected chi connectivity index (χ1v) is 9.42. The Morgan fingerprint density at radius 3 is 2.36 bits per heavy atom. The molecule has 2 aromatic heterocycles. The number of fused-ring (bicyclic) bond motifs is 1. The molecule has 162 valence electrons. The van der Waals surface area contributed by atoms with Gasteiger partial charge in [-0.05, 0) is 40.7 Å². The molecule has 0 aliphatic carbocycles.